The molecule has 0 unspecified atom stereocenters. The summed E-state index contributed by atoms with van der Waals surface area (Å²) in [4.78, 5) is 18.8. The number of ether oxygens (including phenoxy) is 2. The van der Waals surface area contributed by atoms with Gasteiger partial charge >= 0.3 is 5.97 Å². The van der Waals surface area contributed by atoms with Gasteiger partial charge in [-0.1, -0.05) is 12.2 Å². The van der Waals surface area contributed by atoms with Gasteiger partial charge in [-0.3, -0.25) is 0 Å². The Morgan fingerprint density at radius 3 is 2.67 bits per heavy atom. The van der Waals surface area contributed by atoms with Crippen molar-refractivity contribution >= 4 is 18.2 Å². The zero-order valence-electron chi connectivity index (χ0n) is 11.7. The fourth-order valence-corrected chi connectivity index (χ4v) is 2.20. The van der Waals surface area contributed by atoms with E-state index in [1.54, 1.807) is 13.0 Å². The monoisotopic (exact) mass is 308 g/mol. The summed E-state index contributed by atoms with van der Waals surface area (Å²) >= 11 is 5.12. The molecule has 1 heterocycles. The summed E-state index contributed by atoms with van der Waals surface area (Å²) in [5, 5.41) is 0. The lowest BCUT2D eigenvalue weighted by molar-refractivity contribution is 0.0598. The molecule has 0 amide bonds. The van der Waals surface area contributed by atoms with Crippen molar-refractivity contribution in [3.05, 3.63) is 39.9 Å². The van der Waals surface area contributed by atoms with E-state index in [2.05, 4.69) is 14.7 Å². The van der Waals surface area contributed by atoms with Crippen molar-refractivity contribution < 1.29 is 18.7 Å². The van der Waals surface area contributed by atoms with Crippen LogP contribution in [-0.2, 0) is 4.74 Å². The molecule has 0 saturated carbocycles. The number of aryl methyl sites for hydroxylation is 1. The summed E-state index contributed by atoms with van der Waals surface area (Å²) < 4.78 is 23.1. The van der Waals surface area contributed by atoms with Crippen molar-refractivity contribution in [1.29, 1.82) is 0 Å². The Morgan fingerprint density at radius 2 is 2.10 bits per heavy atom. The van der Waals surface area contributed by atoms with E-state index in [9.17, 15) is 9.18 Å². The first-order chi connectivity index (χ1) is 9.97. The van der Waals surface area contributed by atoms with Crippen molar-refractivity contribution in [2.24, 2.45) is 0 Å². The number of H-pyrrole nitrogens is 1. The minimum atomic E-state index is -0.551. The van der Waals surface area contributed by atoms with Gasteiger partial charge in [-0.15, -0.1) is 0 Å². The molecule has 21 heavy (non-hydrogen) atoms. The van der Waals surface area contributed by atoms with Crippen LogP contribution in [0.5, 0.6) is 5.75 Å². The average Bonchev–Trinajstić information content (AvgIpc) is 2.46. The molecule has 7 heteroatoms. The van der Waals surface area contributed by atoms with Crippen LogP contribution in [0, 0.1) is 17.4 Å². The third kappa shape index (κ3) is 2.92. The lowest BCUT2D eigenvalue weighted by atomic mass is 10.1. The number of methoxy groups -OCH3 is 2. The van der Waals surface area contributed by atoms with Crippen molar-refractivity contribution in [1.82, 2.24) is 9.97 Å². The van der Waals surface area contributed by atoms with Gasteiger partial charge in [-0.2, -0.15) is 0 Å². The smallest absolute Gasteiger partial charge is 0.342 e. The maximum atomic E-state index is 13.4. The van der Waals surface area contributed by atoms with Gasteiger partial charge in [0.15, 0.2) is 11.6 Å². The quantitative estimate of drug-likeness (QED) is 0.697. The lowest BCUT2D eigenvalue weighted by Gasteiger charge is -2.09. The van der Waals surface area contributed by atoms with Crippen LogP contribution >= 0.6 is 12.2 Å². The molecule has 0 saturated heterocycles. The Morgan fingerprint density at radius 1 is 1.38 bits per heavy atom. The molecule has 5 nitrogen and oxygen atoms in total. The van der Waals surface area contributed by atoms with Crippen LogP contribution in [0.3, 0.4) is 0 Å². The number of nitrogens with one attached hydrogen (secondary N) is 1. The van der Waals surface area contributed by atoms with Gasteiger partial charge in [-0.25, -0.2) is 14.2 Å². The predicted octanol–water partition coefficient (Wildman–Crippen LogP) is 3.05. The average molecular weight is 308 g/mol. The number of halogens is 1. The predicted molar refractivity (Wildman–Crippen MR) is 77.4 cm³/mol. The number of rotatable bonds is 3. The molecule has 2 rings (SSSR count). The van der Waals surface area contributed by atoms with Crippen LogP contribution in [-0.4, -0.2) is 30.2 Å². The lowest BCUT2D eigenvalue weighted by Crippen LogP contribution is -2.09. The summed E-state index contributed by atoms with van der Waals surface area (Å²) in [6, 6.07) is 4.32. The van der Waals surface area contributed by atoms with Gasteiger partial charge < -0.3 is 14.5 Å². The molecule has 0 atom stereocenters. The Bertz CT molecular complexity index is 758. The molecule has 1 N–H and O–H groups in total. The van der Waals surface area contributed by atoms with E-state index in [0.717, 1.165) is 0 Å². The molecule has 0 bridgehead atoms. The SMILES string of the molecule is COC(=O)c1c(C)[nH]c(-c2ccc(F)c(OC)c2)nc1=S. The normalized spacial score (nSPS) is 10.3. The topological polar surface area (TPSA) is 64.2 Å². The molecular weight excluding hydrogens is 295 g/mol. The summed E-state index contributed by atoms with van der Waals surface area (Å²) in [6.07, 6.45) is 0. The third-order valence-corrected chi connectivity index (χ3v) is 3.22. The molecule has 1 aromatic heterocycles. The van der Waals surface area contributed by atoms with Crippen LogP contribution in [0.25, 0.3) is 11.4 Å². The fraction of sp³-hybridized carbons (Fsp3) is 0.214. The molecule has 0 fully saturated rings. The van der Waals surface area contributed by atoms with E-state index in [0.29, 0.717) is 17.1 Å². The minimum absolute atomic E-state index is 0.100. The molecule has 2 aromatic rings. The third-order valence-electron chi connectivity index (χ3n) is 2.92. The number of esters is 1. The maximum Gasteiger partial charge on any atom is 0.342 e. The van der Waals surface area contributed by atoms with Crippen molar-refractivity contribution in [3.8, 4) is 17.1 Å². The molecular formula is C14H13FN2O3S. The van der Waals surface area contributed by atoms with Gasteiger partial charge in [0.2, 0.25) is 0 Å². The van der Waals surface area contributed by atoms with Crippen LogP contribution in [0.2, 0.25) is 0 Å². The molecule has 0 spiro atoms. The number of benzene rings is 1. The van der Waals surface area contributed by atoms with E-state index in [1.807, 2.05) is 0 Å². The van der Waals surface area contributed by atoms with E-state index in [4.69, 9.17) is 17.0 Å². The van der Waals surface area contributed by atoms with Crippen LogP contribution in [0.4, 0.5) is 4.39 Å². The van der Waals surface area contributed by atoms with Crippen molar-refractivity contribution in [2.75, 3.05) is 14.2 Å². The highest BCUT2D eigenvalue weighted by Gasteiger charge is 2.15. The molecule has 0 radical (unpaired) electrons. The van der Waals surface area contributed by atoms with Crippen LogP contribution in [0.15, 0.2) is 18.2 Å². The molecule has 0 aliphatic rings. The van der Waals surface area contributed by atoms with Gasteiger partial charge in [-0.05, 0) is 25.1 Å². The number of carbonyl (C=O) groups is 1. The second-order valence-corrected chi connectivity index (χ2v) is 4.62. The second kappa shape index (κ2) is 6.01. The molecule has 0 aliphatic heterocycles. The van der Waals surface area contributed by atoms with E-state index in [1.165, 1.54) is 26.4 Å². The molecule has 1 aromatic carbocycles. The summed E-state index contributed by atoms with van der Waals surface area (Å²) in [7, 11) is 2.65. The highest BCUT2D eigenvalue weighted by atomic mass is 32.1. The van der Waals surface area contributed by atoms with Gasteiger partial charge in [0.1, 0.15) is 16.0 Å². The standard InChI is InChI=1S/C14H13FN2O3S/c1-7-11(14(18)20-3)13(21)17-12(16-7)8-4-5-9(15)10(6-8)19-2/h4-6H,1-3H3,(H,16,17,21). The van der Waals surface area contributed by atoms with E-state index >= 15 is 0 Å². The highest BCUT2D eigenvalue weighted by molar-refractivity contribution is 7.71. The summed E-state index contributed by atoms with van der Waals surface area (Å²) in [5.74, 6) is -0.501. The Kier molecular flexibility index (Phi) is 4.32. The fourth-order valence-electron chi connectivity index (χ4n) is 1.87. The maximum absolute atomic E-state index is 13.4. The van der Waals surface area contributed by atoms with Gasteiger partial charge in [0.05, 0.1) is 14.2 Å². The van der Waals surface area contributed by atoms with E-state index < -0.39 is 11.8 Å². The number of carbonyl (C=O) groups excluding carboxylic acids is 1. The second-order valence-electron chi connectivity index (χ2n) is 4.23. The Balaban J connectivity index is 2.57. The first-order valence-electron chi connectivity index (χ1n) is 6.01. The number of aromatic amines is 1. The summed E-state index contributed by atoms with van der Waals surface area (Å²) in [6.45, 7) is 1.69. The summed E-state index contributed by atoms with van der Waals surface area (Å²) in [5.41, 5.74) is 1.34. The Hall–Kier alpha value is -2.28. The number of aromatic nitrogens is 2. The van der Waals surface area contributed by atoms with Crippen LogP contribution < -0.4 is 4.74 Å². The van der Waals surface area contributed by atoms with Crippen molar-refractivity contribution in [3.63, 3.8) is 0 Å². The molecule has 110 valence electrons. The first-order valence-corrected chi connectivity index (χ1v) is 6.42. The first kappa shape index (κ1) is 15.1. The largest absolute Gasteiger partial charge is 0.494 e. The van der Waals surface area contributed by atoms with Gasteiger partial charge in [0.25, 0.3) is 0 Å². The van der Waals surface area contributed by atoms with Gasteiger partial charge in [0, 0.05) is 11.3 Å². The minimum Gasteiger partial charge on any atom is -0.494 e. The zero-order chi connectivity index (χ0) is 15.6. The van der Waals surface area contributed by atoms with E-state index in [-0.39, 0.29) is 16.0 Å². The zero-order valence-corrected chi connectivity index (χ0v) is 12.5. The number of nitrogens with zero attached hydrogens (tertiary/aromatic N) is 1. The molecule has 0 aliphatic carbocycles. The van der Waals surface area contributed by atoms with Crippen LogP contribution in [0.1, 0.15) is 16.1 Å². The highest BCUT2D eigenvalue weighted by Crippen LogP contribution is 2.25. The number of hydrogen-bond donors (Lipinski definition) is 1. The number of hydrogen-bond acceptors (Lipinski definition) is 5. The Labute approximate surface area is 125 Å². The van der Waals surface area contributed by atoms with Crippen molar-refractivity contribution in [2.45, 2.75) is 6.92 Å².